The zero-order valence-electron chi connectivity index (χ0n) is 22.5. The molecule has 2 atom stereocenters. The van der Waals surface area contributed by atoms with Gasteiger partial charge in [-0.15, -0.1) is 0 Å². The van der Waals surface area contributed by atoms with Gasteiger partial charge in [0.1, 0.15) is 0 Å². The molecule has 0 radical (unpaired) electrons. The second-order valence-corrected chi connectivity index (χ2v) is 12.1. The lowest BCUT2D eigenvalue weighted by Gasteiger charge is -2.33. The molecule has 0 aliphatic heterocycles. The molecule has 0 bridgehead atoms. The molecule has 1 aliphatic rings. The van der Waals surface area contributed by atoms with Gasteiger partial charge in [0, 0.05) is 19.7 Å². The molecule has 3 heteroatoms. The number of hydrogen-bond acceptors (Lipinski definition) is 2. The van der Waals surface area contributed by atoms with Crippen molar-refractivity contribution in [3.05, 3.63) is 149 Å². The van der Waals surface area contributed by atoms with Crippen LogP contribution in [0.2, 0.25) is 0 Å². The molecule has 0 amide bonds. The van der Waals surface area contributed by atoms with Crippen LogP contribution in [0.25, 0.3) is 5.57 Å². The van der Waals surface area contributed by atoms with Gasteiger partial charge >= 0.3 is 0 Å². The summed E-state index contributed by atoms with van der Waals surface area (Å²) >= 11 is 0. The SMILES string of the molecule is CO[C@H](c1ccccc1)[C@H](C)N(C)CC1=C(P(c2ccccc2)c2ccccc2)CC=C1c1ccccc1. The van der Waals surface area contributed by atoms with E-state index < -0.39 is 7.92 Å². The van der Waals surface area contributed by atoms with Gasteiger partial charge in [-0.05, 0) is 66.5 Å². The zero-order chi connectivity index (χ0) is 26.3. The predicted molar refractivity (Wildman–Crippen MR) is 163 cm³/mol. The third-order valence-corrected chi connectivity index (χ3v) is 10.1. The molecular weight excluding hydrogens is 481 g/mol. The van der Waals surface area contributed by atoms with Gasteiger partial charge in [-0.25, -0.2) is 0 Å². The minimum absolute atomic E-state index is 0.000524. The van der Waals surface area contributed by atoms with Gasteiger partial charge in [0.15, 0.2) is 0 Å². The zero-order valence-corrected chi connectivity index (χ0v) is 23.4. The Morgan fingerprint density at radius 2 is 1.24 bits per heavy atom. The first-order chi connectivity index (χ1) is 18.7. The maximum Gasteiger partial charge on any atom is 0.0973 e. The van der Waals surface area contributed by atoms with Crippen LogP contribution in [0.5, 0.6) is 0 Å². The number of allylic oxidation sites excluding steroid dienone is 2. The van der Waals surface area contributed by atoms with E-state index in [-0.39, 0.29) is 12.1 Å². The molecular formula is C35H36NOP. The Hall–Kier alpha value is -3.29. The number of ether oxygens (including phenoxy) is 1. The highest BCUT2D eigenvalue weighted by Crippen LogP contribution is 2.52. The lowest BCUT2D eigenvalue weighted by Crippen LogP contribution is -2.36. The van der Waals surface area contributed by atoms with Crippen LogP contribution in [-0.4, -0.2) is 31.6 Å². The van der Waals surface area contributed by atoms with E-state index in [2.05, 4.69) is 146 Å². The van der Waals surface area contributed by atoms with Crippen LogP contribution < -0.4 is 10.6 Å². The van der Waals surface area contributed by atoms with E-state index >= 15 is 0 Å². The molecule has 0 fully saturated rings. The van der Waals surface area contributed by atoms with Crippen LogP contribution in [-0.2, 0) is 4.74 Å². The summed E-state index contributed by atoms with van der Waals surface area (Å²) < 4.78 is 6.04. The van der Waals surface area contributed by atoms with Crippen LogP contribution in [0.1, 0.15) is 30.6 Å². The fraction of sp³-hybridized carbons (Fsp3) is 0.200. The predicted octanol–water partition coefficient (Wildman–Crippen LogP) is 7.57. The van der Waals surface area contributed by atoms with Crippen molar-refractivity contribution in [2.24, 2.45) is 0 Å². The molecule has 0 saturated carbocycles. The highest BCUT2D eigenvalue weighted by Gasteiger charge is 2.30. The lowest BCUT2D eigenvalue weighted by atomic mass is 9.98. The Balaban J connectivity index is 1.57. The largest absolute Gasteiger partial charge is 0.375 e. The van der Waals surface area contributed by atoms with Gasteiger partial charge in [-0.2, -0.15) is 0 Å². The summed E-state index contributed by atoms with van der Waals surface area (Å²) in [6, 6.07) is 43.8. The molecule has 0 heterocycles. The van der Waals surface area contributed by atoms with Crippen molar-refractivity contribution < 1.29 is 4.74 Å². The molecule has 0 unspecified atom stereocenters. The Kier molecular flexibility index (Phi) is 8.66. The fourth-order valence-corrected chi connectivity index (χ4v) is 8.00. The topological polar surface area (TPSA) is 12.5 Å². The second-order valence-electron chi connectivity index (χ2n) is 9.84. The summed E-state index contributed by atoms with van der Waals surface area (Å²) in [6.07, 6.45) is 3.43. The Labute approximate surface area is 229 Å². The number of methoxy groups -OCH3 is 1. The van der Waals surface area contributed by atoms with E-state index in [1.165, 1.54) is 32.9 Å². The molecule has 5 rings (SSSR count). The maximum atomic E-state index is 6.04. The van der Waals surface area contributed by atoms with Crippen LogP contribution in [0, 0.1) is 0 Å². The Morgan fingerprint density at radius 1 is 0.737 bits per heavy atom. The first-order valence-electron chi connectivity index (χ1n) is 13.3. The summed E-state index contributed by atoms with van der Waals surface area (Å²) in [7, 11) is 3.40. The molecule has 2 nitrogen and oxygen atoms in total. The summed E-state index contributed by atoms with van der Waals surface area (Å²) in [5.74, 6) is 0. The summed E-state index contributed by atoms with van der Waals surface area (Å²) in [4.78, 5) is 2.46. The van der Waals surface area contributed by atoms with Gasteiger partial charge in [-0.1, -0.05) is 127 Å². The lowest BCUT2D eigenvalue weighted by molar-refractivity contribution is 0.0334. The van der Waals surface area contributed by atoms with Gasteiger partial charge < -0.3 is 4.74 Å². The van der Waals surface area contributed by atoms with E-state index in [4.69, 9.17) is 4.74 Å². The van der Waals surface area contributed by atoms with Crippen LogP contribution in [0.4, 0.5) is 0 Å². The van der Waals surface area contributed by atoms with Gasteiger partial charge in [0.05, 0.1) is 6.10 Å². The fourth-order valence-electron chi connectivity index (χ4n) is 5.41. The summed E-state index contributed by atoms with van der Waals surface area (Å²) in [6.45, 7) is 3.14. The first-order valence-corrected chi connectivity index (χ1v) is 14.7. The van der Waals surface area contributed by atoms with E-state index in [1.807, 2.05) is 7.11 Å². The van der Waals surface area contributed by atoms with E-state index in [0.29, 0.717) is 0 Å². The quantitative estimate of drug-likeness (QED) is 0.201. The molecule has 0 saturated heterocycles. The van der Waals surface area contributed by atoms with Crippen molar-refractivity contribution in [2.75, 3.05) is 20.7 Å². The first kappa shape index (κ1) is 26.3. The van der Waals surface area contributed by atoms with Crippen molar-refractivity contribution in [2.45, 2.75) is 25.5 Å². The highest BCUT2D eigenvalue weighted by atomic mass is 31.1. The average molecular weight is 518 g/mol. The van der Waals surface area contributed by atoms with Crippen LogP contribution in [0.3, 0.4) is 0 Å². The third kappa shape index (κ3) is 5.74. The van der Waals surface area contributed by atoms with E-state index in [0.717, 1.165) is 13.0 Å². The van der Waals surface area contributed by atoms with Crippen molar-refractivity contribution in [1.82, 2.24) is 4.90 Å². The Morgan fingerprint density at radius 3 is 1.76 bits per heavy atom. The van der Waals surface area contributed by atoms with Gasteiger partial charge in [0.2, 0.25) is 0 Å². The summed E-state index contributed by atoms with van der Waals surface area (Å²) in [5, 5.41) is 4.35. The van der Waals surface area contributed by atoms with Gasteiger partial charge in [-0.3, -0.25) is 4.90 Å². The standard InChI is InChI=1S/C35H36NOP/c1-27(35(37-3)29-18-10-5-11-19-29)36(2)26-33-32(28-16-8-4-9-17-28)24-25-34(33)38(30-20-12-6-13-21-30)31-22-14-7-15-23-31/h4-24,27,35H,25-26H2,1-3H3/t27-,35-/m0/s1. The molecule has 4 aromatic carbocycles. The molecule has 4 aromatic rings. The van der Waals surface area contributed by atoms with Gasteiger partial charge in [0.25, 0.3) is 0 Å². The van der Waals surface area contributed by atoms with E-state index in [1.54, 1.807) is 5.31 Å². The smallest absolute Gasteiger partial charge is 0.0973 e. The number of hydrogen-bond donors (Lipinski definition) is 0. The number of nitrogens with zero attached hydrogens (tertiary/aromatic N) is 1. The molecule has 0 N–H and O–H groups in total. The number of benzene rings is 4. The van der Waals surface area contributed by atoms with E-state index in [9.17, 15) is 0 Å². The normalized spacial score (nSPS) is 15.1. The minimum Gasteiger partial charge on any atom is -0.375 e. The van der Waals surface area contributed by atoms with Crippen molar-refractivity contribution in [3.63, 3.8) is 0 Å². The van der Waals surface area contributed by atoms with Crippen molar-refractivity contribution >= 4 is 24.1 Å². The summed E-state index contributed by atoms with van der Waals surface area (Å²) in [5.41, 5.74) is 5.32. The average Bonchev–Trinajstić information content (AvgIpc) is 3.38. The highest BCUT2D eigenvalue weighted by molar-refractivity contribution is 7.76. The third-order valence-electron chi connectivity index (χ3n) is 7.48. The number of likely N-dealkylation sites (N-methyl/N-ethyl adjacent to an activating group) is 1. The van der Waals surface area contributed by atoms with Crippen molar-refractivity contribution in [1.29, 1.82) is 0 Å². The Bertz CT molecular complexity index is 1330. The number of rotatable bonds is 10. The molecule has 1 aliphatic carbocycles. The van der Waals surface area contributed by atoms with Crippen LogP contribution >= 0.6 is 7.92 Å². The van der Waals surface area contributed by atoms with Crippen LogP contribution in [0.15, 0.2) is 138 Å². The minimum atomic E-state index is -0.651. The molecule has 0 spiro atoms. The van der Waals surface area contributed by atoms with Crippen molar-refractivity contribution in [3.8, 4) is 0 Å². The second kappa shape index (κ2) is 12.5. The maximum absolute atomic E-state index is 6.04. The molecule has 192 valence electrons. The monoisotopic (exact) mass is 517 g/mol. The molecule has 0 aromatic heterocycles. The molecule has 38 heavy (non-hydrogen) atoms.